The highest BCUT2D eigenvalue weighted by molar-refractivity contribution is 5.97. The Hall–Kier alpha value is -2.40. The fourth-order valence-electron chi connectivity index (χ4n) is 2.20. The molecule has 1 unspecified atom stereocenters. The first-order valence-electron chi connectivity index (χ1n) is 6.85. The van der Waals surface area contributed by atoms with Gasteiger partial charge < -0.3 is 14.6 Å². The van der Waals surface area contributed by atoms with Crippen molar-refractivity contribution in [2.45, 2.75) is 18.9 Å². The van der Waals surface area contributed by atoms with Crippen LogP contribution in [0.15, 0.2) is 42.7 Å². The minimum Gasteiger partial charge on any atom is -0.497 e. The van der Waals surface area contributed by atoms with E-state index in [1.807, 2.05) is 0 Å². The summed E-state index contributed by atoms with van der Waals surface area (Å²) in [5, 5.41) is 10.6. The molecule has 5 nitrogen and oxygen atoms in total. The number of carbonyl (C=O) groups is 1. The Balaban J connectivity index is 2.25. The monoisotopic (exact) mass is 301 g/mol. The van der Waals surface area contributed by atoms with Crippen molar-refractivity contribution in [2.75, 3.05) is 14.2 Å². The zero-order chi connectivity index (χ0) is 16.2. The summed E-state index contributed by atoms with van der Waals surface area (Å²) in [4.78, 5) is 16.4. The van der Waals surface area contributed by atoms with E-state index in [2.05, 4.69) is 4.98 Å². The number of aromatic nitrogens is 1. The zero-order valence-corrected chi connectivity index (χ0v) is 12.9. The standard InChI is InChI=1S/C17H19NO4/c1-17(20,13-4-6-18-7-5-13)11-16(19)12-8-14(21-2)10-15(9-12)22-3/h4-10,20H,11H2,1-3H3. The maximum Gasteiger partial charge on any atom is 0.166 e. The van der Waals surface area contributed by atoms with Gasteiger partial charge in [0, 0.05) is 30.4 Å². The molecule has 116 valence electrons. The number of pyridine rings is 1. The number of methoxy groups -OCH3 is 2. The smallest absolute Gasteiger partial charge is 0.166 e. The Kier molecular flexibility index (Phi) is 4.78. The number of hydrogen-bond acceptors (Lipinski definition) is 5. The molecule has 22 heavy (non-hydrogen) atoms. The first-order chi connectivity index (χ1) is 10.5. The molecule has 1 aromatic heterocycles. The Labute approximate surface area is 129 Å². The summed E-state index contributed by atoms with van der Waals surface area (Å²) in [5.74, 6) is 0.872. The Bertz CT molecular complexity index is 631. The van der Waals surface area contributed by atoms with Crippen LogP contribution in [0.25, 0.3) is 0 Å². The molecule has 0 aliphatic carbocycles. The Morgan fingerprint density at radius 2 is 1.68 bits per heavy atom. The lowest BCUT2D eigenvalue weighted by Crippen LogP contribution is -2.25. The van der Waals surface area contributed by atoms with Crippen molar-refractivity contribution in [3.8, 4) is 11.5 Å². The van der Waals surface area contributed by atoms with Gasteiger partial charge in [0.05, 0.1) is 19.8 Å². The fourth-order valence-corrected chi connectivity index (χ4v) is 2.20. The lowest BCUT2D eigenvalue weighted by atomic mass is 9.89. The molecule has 0 aliphatic heterocycles. The molecule has 0 fully saturated rings. The normalized spacial score (nSPS) is 13.3. The predicted molar refractivity (Wildman–Crippen MR) is 82.3 cm³/mol. The summed E-state index contributed by atoms with van der Waals surface area (Å²) in [7, 11) is 3.05. The number of ether oxygens (including phenoxy) is 2. The number of hydrogen-bond donors (Lipinski definition) is 1. The van der Waals surface area contributed by atoms with Crippen LogP contribution < -0.4 is 9.47 Å². The van der Waals surface area contributed by atoms with Gasteiger partial charge in [-0.05, 0) is 36.8 Å². The molecule has 1 atom stereocenters. The summed E-state index contributed by atoms with van der Waals surface area (Å²) in [6.45, 7) is 1.61. The van der Waals surface area contributed by atoms with Gasteiger partial charge in [-0.1, -0.05) is 0 Å². The van der Waals surface area contributed by atoms with Crippen molar-refractivity contribution in [1.82, 2.24) is 4.98 Å². The van der Waals surface area contributed by atoms with Gasteiger partial charge in [-0.25, -0.2) is 0 Å². The fraction of sp³-hybridized carbons (Fsp3) is 0.294. The molecule has 2 rings (SSSR count). The van der Waals surface area contributed by atoms with E-state index in [1.165, 1.54) is 14.2 Å². The van der Waals surface area contributed by atoms with Crippen LogP contribution in [-0.2, 0) is 5.60 Å². The third kappa shape index (κ3) is 3.62. The van der Waals surface area contributed by atoms with Crippen LogP contribution in [0.2, 0.25) is 0 Å². The number of ketones is 1. The highest BCUT2D eigenvalue weighted by atomic mass is 16.5. The minimum absolute atomic E-state index is 0.0483. The minimum atomic E-state index is -1.27. The first kappa shape index (κ1) is 16.0. The van der Waals surface area contributed by atoms with E-state index >= 15 is 0 Å². The number of Topliss-reactive ketones (excluding diaryl/α,β-unsaturated/α-hetero) is 1. The number of carbonyl (C=O) groups excluding carboxylic acids is 1. The van der Waals surface area contributed by atoms with Gasteiger partial charge in [0.25, 0.3) is 0 Å². The largest absolute Gasteiger partial charge is 0.497 e. The van der Waals surface area contributed by atoms with E-state index in [-0.39, 0.29) is 12.2 Å². The zero-order valence-electron chi connectivity index (χ0n) is 12.9. The molecule has 1 aromatic carbocycles. The van der Waals surface area contributed by atoms with Crippen molar-refractivity contribution in [3.05, 3.63) is 53.9 Å². The quantitative estimate of drug-likeness (QED) is 0.831. The van der Waals surface area contributed by atoms with Gasteiger partial charge in [-0.15, -0.1) is 0 Å². The van der Waals surface area contributed by atoms with Crippen LogP contribution in [0, 0.1) is 0 Å². The van der Waals surface area contributed by atoms with Crippen LogP contribution in [0.4, 0.5) is 0 Å². The van der Waals surface area contributed by atoms with Crippen molar-refractivity contribution >= 4 is 5.78 Å². The van der Waals surface area contributed by atoms with Crippen molar-refractivity contribution < 1.29 is 19.4 Å². The summed E-state index contributed by atoms with van der Waals surface area (Å²) in [5.41, 5.74) is -0.188. The number of aliphatic hydroxyl groups is 1. The molecule has 0 aliphatic rings. The molecule has 0 saturated carbocycles. The average molecular weight is 301 g/mol. The molecule has 0 amide bonds. The molecule has 5 heteroatoms. The van der Waals surface area contributed by atoms with Gasteiger partial charge in [-0.2, -0.15) is 0 Å². The Morgan fingerprint density at radius 3 is 2.18 bits per heavy atom. The molecule has 2 aromatic rings. The SMILES string of the molecule is COc1cc(OC)cc(C(=O)CC(C)(O)c2ccncc2)c1. The predicted octanol–water partition coefficient (Wildman–Crippen LogP) is 2.58. The van der Waals surface area contributed by atoms with Gasteiger partial charge in [0.2, 0.25) is 0 Å². The van der Waals surface area contributed by atoms with Gasteiger partial charge in [0.1, 0.15) is 11.5 Å². The van der Waals surface area contributed by atoms with E-state index in [9.17, 15) is 9.90 Å². The lowest BCUT2D eigenvalue weighted by Gasteiger charge is -2.23. The molecule has 1 heterocycles. The summed E-state index contributed by atoms with van der Waals surface area (Å²) >= 11 is 0. The van der Waals surface area contributed by atoms with E-state index in [0.29, 0.717) is 22.6 Å². The summed E-state index contributed by atoms with van der Waals surface area (Å²) < 4.78 is 10.3. The molecular weight excluding hydrogens is 282 g/mol. The lowest BCUT2D eigenvalue weighted by molar-refractivity contribution is 0.0430. The summed E-state index contributed by atoms with van der Waals surface area (Å²) in [6, 6.07) is 8.34. The van der Waals surface area contributed by atoms with Gasteiger partial charge >= 0.3 is 0 Å². The van der Waals surface area contributed by atoms with E-state index in [4.69, 9.17) is 9.47 Å². The molecule has 0 bridgehead atoms. The van der Waals surface area contributed by atoms with Crippen molar-refractivity contribution in [1.29, 1.82) is 0 Å². The highest BCUT2D eigenvalue weighted by Crippen LogP contribution is 2.28. The second-order valence-electron chi connectivity index (χ2n) is 5.21. The van der Waals surface area contributed by atoms with Crippen LogP contribution in [0.5, 0.6) is 11.5 Å². The molecule has 0 saturated heterocycles. The number of nitrogens with zero attached hydrogens (tertiary/aromatic N) is 1. The highest BCUT2D eigenvalue weighted by Gasteiger charge is 2.27. The van der Waals surface area contributed by atoms with Gasteiger partial charge in [-0.3, -0.25) is 9.78 Å². The van der Waals surface area contributed by atoms with Crippen LogP contribution in [0.3, 0.4) is 0 Å². The van der Waals surface area contributed by atoms with E-state index < -0.39 is 5.60 Å². The second-order valence-corrected chi connectivity index (χ2v) is 5.21. The van der Waals surface area contributed by atoms with E-state index in [0.717, 1.165) is 0 Å². The van der Waals surface area contributed by atoms with Crippen molar-refractivity contribution in [3.63, 3.8) is 0 Å². The second kappa shape index (κ2) is 6.58. The third-order valence-electron chi connectivity index (χ3n) is 3.48. The molecule has 0 spiro atoms. The maximum atomic E-state index is 12.5. The third-order valence-corrected chi connectivity index (χ3v) is 3.48. The van der Waals surface area contributed by atoms with E-state index in [1.54, 1.807) is 49.6 Å². The summed E-state index contributed by atoms with van der Waals surface area (Å²) in [6.07, 6.45) is 3.12. The van der Waals surface area contributed by atoms with Crippen LogP contribution in [0.1, 0.15) is 29.3 Å². The molecular formula is C17H19NO4. The molecule has 0 radical (unpaired) electrons. The number of rotatable bonds is 6. The van der Waals surface area contributed by atoms with Crippen LogP contribution in [-0.4, -0.2) is 30.1 Å². The first-order valence-corrected chi connectivity index (χ1v) is 6.85. The maximum absolute atomic E-state index is 12.5. The topological polar surface area (TPSA) is 68.7 Å². The number of benzene rings is 1. The molecule has 1 N–H and O–H groups in total. The van der Waals surface area contributed by atoms with Crippen LogP contribution >= 0.6 is 0 Å². The average Bonchev–Trinajstić information content (AvgIpc) is 2.54. The Morgan fingerprint density at radius 1 is 1.14 bits per heavy atom. The van der Waals surface area contributed by atoms with Crippen molar-refractivity contribution in [2.24, 2.45) is 0 Å². The van der Waals surface area contributed by atoms with Gasteiger partial charge in [0.15, 0.2) is 5.78 Å².